The first-order valence-electron chi connectivity index (χ1n) is 7.20. The van der Waals surface area contributed by atoms with Gasteiger partial charge in [-0.2, -0.15) is 0 Å². The molecule has 0 fully saturated rings. The van der Waals surface area contributed by atoms with Crippen LogP contribution in [0, 0.1) is 0 Å². The van der Waals surface area contributed by atoms with Gasteiger partial charge in [-0.3, -0.25) is 0 Å². The zero-order valence-electron chi connectivity index (χ0n) is 11.5. The van der Waals surface area contributed by atoms with Crippen molar-refractivity contribution in [3.8, 4) is 5.69 Å². The second kappa shape index (κ2) is 5.17. The molecule has 1 aromatic carbocycles. The molecule has 1 unspecified atom stereocenters. The first kappa shape index (κ1) is 12.4. The first-order chi connectivity index (χ1) is 9.29. The van der Waals surface area contributed by atoms with Crippen molar-refractivity contribution in [1.29, 1.82) is 0 Å². The zero-order chi connectivity index (χ0) is 13.2. The lowest BCUT2D eigenvalue weighted by Crippen LogP contribution is -2.09. The minimum absolute atomic E-state index is 0.144. The Kier molecular flexibility index (Phi) is 3.38. The molecule has 1 aliphatic rings. The monoisotopic (exact) mass is 255 g/mol. The fraction of sp³-hybridized carbons (Fsp3) is 0.438. The van der Waals surface area contributed by atoms with Crippen LogP contribution < -0.4 is 5.73 Å². The Balaban J connectivity index is 1.92. The van der Waals surface area contributed by atoms with Gasteiger partial charge in [0.2, 0.25) is 0 Å². The average molecular weight is 255 g/mol. The van der Waals surface area contributed by atoms with E-state index in [1.165, 1.54) is 35.5 Å². The predicted octanol–water partition coefficient (Wildman–Crippen LogP) is 3.16. The molecule has 0 radical (unpaired) electrons. The molecule has 1 atom stereocenters. The minimum Gasteiger partial charge on any atom is -0.324 e. The van der Waals surface area contributed by atoms with Gasteiger partial charge in [0.25, 0.3) is 0 Å². The molecule has 1 aliphatic carbocycles. The van der Waals surface area contributed by atoms with Crippen LogP contribution in [0.1, 0.15) is 49.2 Å². The van der Waals surface area contributed by atoms with Crippen molar-refractivity contribution in [2.24, 2.45) is 5.73 Å². The van der Waals surface area contributed by atoms with Crippen LogP contribution in [0.5, 0.6) is 0 Å². The number of hydrogen-bond donors (Lipinski definition) is 1. The maximum absolute atomic E-state index is 6.05. The van der Waals surface area contributed by atoms with Gasteiger partial charge in [0.15, 0.2) is 0 Å². The average Bonchev–Trinajstić information content (AvgIpc) is 2.90. The van der Waals surface area contributed by atoms with E-state index in [0.29, 0.717) is 0 Å². The van der Waals surface area contributed by atoms with Crippen LogP contribution in [0.3, 0.4) is 0 Å². The van der Waals surface area contributed by atoms with Crippen molar-refractivity contribution < 1.29 is 0 Å². The Hall–Kier alpha value is -1.61. The highest BCUT2D eigenvalue weighted by Crippen LogP contribution is 2.24. The number of benzene rings is 1. The number of aryl methyl sites for hydroxylation is 1. The number of nitrogens with zero attached hydrogens (tertiary/aromatic N) is 2. The summed E-state index contributed by atoms with van der Waals surface area (Å²) < 4.78 is 2.23. The van der Waals surface area contributed by atoms with E-state index in [2.05, 4.69) is 40.7 Å². The smallest absolute Gasteiger partial charge is 0.0997 e. The number of hydrogen-bond acceptors (Lipinski definition) is 2. The van der Waals surface area contributed by atoms with Gasteiger partial charge in [-0.25, -0.2) is 4.98 Å². The lowest BCUT2D eigenvalue weighted by atomic mass is 10.0. The Morgan fingerprint density at radius 3 is 2.68 bits per heavy atom. The van der Waals surface area contributed by atoms with E-state index in [1.807, 2.05) is 6.33 Å². The van der Waals surface area contributed by atoms with Crippen molar-refractivity contribution in [3.05, 3.63) is 47.5 Å². The van der Waals surface area contributed by atoms with E-state index in [9.17, 15) is 0 Å². The first-order valence-corrected chi connectivity index (χ1v) is 7.20. The summed E-state index contributed by atoms with van der Waals surface area (Å²) in [5, 5.41) is 0. The van der Waals surface area contributed by atoms with Gasteiger partial charge in [0, 0.05) is 17.4 Å². The number of imidazole rings is 1. The molecular formula is C16H21N3. The molecular weight excluding hydrogens is 234 g/mol. The van der Waals surface area contributed by atoms with Crippen molar-refractivity contribution >= 4 is 0 Å². The minimum atomic E-state index is 0.144. The number of rotatable bonds is 3. The number of fused-ring (bicyclic) bond motifs is 1. The summed E-state index contributed by atoms with van der Waals surface area (Å²) in [5.41, 5.74) is 11.1. The molecule has 1 aromatic heterocycles. The maximum atomic E-state index is 6.05. The topological polar surface area (TPSA) is 43.8 Å². The van der Waals surface area contributed by atoms with E-state index >= 15 is 0 Å². The summed E-state index contributed by atoms with van der Waals surface area (Å²) in [7, 11) is 0. The van der Waals surface area contributed by atoms with Crippen LogP contribution in [0.25, 0.3) is 5.69 Å². The molecule has 1 heterocycles. The highest BCUT2D eigenvalue weighted by molar-refractivity contribution is 5.39. The molecule has 0 aliphatic heterocycles. The molecule has 2 aromatic rings. The van der Waals surface area contributed by atoms with Gasteiger partial charge in [0.05, 0.1) is 12.0 Å². The SMILES string of the molecule is CCC(N)c1ccc(-n2cnc3c2CCCC3)cc1. The van der Waals surface area contributed by atoms with Crippen molar-refractivity contribution in [1.82, 2.24) is 9.55 Å². The lowest BCUT2D eigenvalue weighted by Gasteiger charge is -2.15. The molecule has 0 saturated heterocycles. The van der Waals surface area contributed by atoms with Crippen LogP contribution in [0.4, 0.5) is 0 Å². The standard InChI is InChI=1S/C16H21N3/c1-2-14(17)12-7-9-13(10-8-12)19-11-18-15-5-3-4-6-16(15)19/h7-11,14H,2-6,17H2,1H3. The number of aromatic nitrogens is 2. The van der Waals surface area contributed by atoms with Crippen LogP contribution in [-0.4, -0.2) is 9.55 Å². The summed E-state index contributed by atoms with van der Waals surface area (Å²) in [6, 6.07) is 8.73. The molecule has 100 valence electrons. The van der Waals surface area contributed by atoms with Gasteiger partial charge in [-0.15, -0.1) is 0 Å². The molecule has 3 nitrogen and oxygen atoms in total. The Morgan fingerprint density at radius 2 is 1.95 bits per heavy atom. The van der Waals surface area contributed by atoms with Crippen molar-refractivity contribution in [3.63, 3.8) is 0 Å². The quantitative estimate of drug-likeness (QED) is 0.915. The lowest BCUT2D eigenvalue weighted by molar-refractivity contribution is 0.655. The summed E-state index contributed by atoms with van der Waals surface area (Å²) in [5.74, 6) is 0. The van der Waals surface area contributed by atoms with E-state index in [-0.39, 0.29) is 6.04 Å². The maximum Gasteiger partial charge on any atom is 0.0997 e. The largest absolute Gasteiger partial charge is 0.324 e. The second-order valence-electron chi connectivity index (χ2n) is 5.32. The Bertz CT molecular complexity index is 554. The third-order valence-corrected chi connectivity index (χ3v) is 4.07. The molecule has 3 rings (SSSR count). The fourth-order valence-electron chi connectivity index (χ4n) is 2.81. The Labute approximate surface area is 114 Å². The fourth-order valence-corrected chi connectivity index (χ4v) is 2.81. The van der Waals surface area contributed by atoms with E-state index in [1.54, 1.807) is 0 Å². The predicted molar refractivity (Wildman–Crippen MR) is 77.4 cm³/mol. The zero-order valence-corrected chi connectivity index (χ0v) is 11.5. The van der Waals surface area contributed by atoms with E-state index in [0.717, 1.165) is 19.3 Å². The van der Waals surface area contributed by atoms with Crippen LogP contribution in [-0.2, 0) is 12.8 Å². The third-order valence-electron chi connectivity index (χ3n) is 4.07. The van der Waals surface area contributed by atoms with Gasteiger partial charge in [-0.05, 0) is 49.8 Å². The molecule has 3 heteroatoms. The van der Waals surface area contributed by atoms with Crippen molar-refractivity contribution in [2.75, 3.05) is 0 Å². The second-order valence-corrected chi connectivity index (χ2v) is 5.32. The molecule has 0 spiro atoms. The van der Waals surface area contributed by atoms with E-state index < -0.39 is 0 Å². The van der Waals surface area contributed by atoms with Crippen molar-refractivity contribution in [2.45, 2.75) is 45.1 Å². The Morgan fingerprint density at radius 1 is 1.21 bits per heavy atom. The van der Waals surface area contributed by atoms with Crippen LogP contribution in [0.15, 0.2) is 30.6 Å². The van der Waals surface area contributed by atoms with Crippen LogP contribution in [0.2, 0.25) is 0 Å². The molecule has 0 amide bonds. The summed E-state index contributed by atoms with van der Waals surface area (Å²) in [4.78, 5) is 4.55. The molecule has 0 bridgehead atoms. The van der Waals surface area contributed by atoms with E-state index in [4.69, 9.17) is 5.73 Å². The third kappa shape index (κ3) is 2.30. The van der Waals surface area contributed by atoms with Crippen LogP contribution >= 0.6 is 0 Å². The molecule has 19 heavy (non-hydrogen) atoms. The summed E-state index contributed by atoms with van der Waals surface area (Å²) >= 11 is 0. The highest BCUT2D eigenvalue weighted by atomic mass is 15.1. The van der Waals surface area contributed by atoms with Gasteiger partial charge in [-0.1, -0.05) is 19.1 Å². The van der Waals surface area contributed by atoms with Gasteiger partial charge < -0.3 is 10.3 Å². The highest BCUT2D eigenvalue weighted by Gasteiger charge is 2.16. The molecule has 0 saturated carbocycles. The molecule has 2 N–H and O–H groups in total. The normalized spacial score (nSPS) is 16.1. The van der Waals surface area contributed by atoms with Gasteiger partial charge in [0.1, 0.15) is 0 Å². The summed E-state index contributed by atoms with van der Waals surface area (Å²) in [6.07, 6.45) is 7.75. The summed E-state index contributed by atoms with van der Waals surface area (Å²) in [6.45, 7) is 2.12. The number of nitrogens with two attached hydrogens (primary N) is 1. The van der Waals surface area contributed by atoms with Gasteiger partial charge >= 0.3 is 0 Å².